The average Bonchev–Trinajstić information content (AvgIpc) is 2.39. The van der Waals surface area contributed by atoms with E-state index >= 15 is 0 Å². The van der Waals surface area contributed by atoms with Crippen LogP contribution in [0.4, 0.5) is 0 Å². The molecular weight excluding hydrogens is 1200 g/mol. The van der Waals surface area contributed by atoms with E-state index in [1.807, 2.05) is 21.1 Å². The van der Waals surface area contributed by atoms with Gasteiger partial charge in [0.05, 0.1) is 34.4 Å². The first kappa shape index (κ1) is 91.6. The fourth-order valence-electron chi connectivity index (χ4n) is 10.5. The van der Waals surface area contributed by atoms with Gasteiger partial charge in [-0.3, -0.25) is 9.59 Å². The van der Waals surface area contributed by atoms with Crippen molar-refractivity contribution in [1.82, 2.24) is 0 Å². The molecule has 0 radical (unpaired) electrons. The number of ether oxygens (including phenoxy) is 4. The van der Waals surface area contributed by atoms with Crippen molar-refractivity contribution in [1.29, 1.82) is 0 Å². The van der Waals surface area contributed by atoms with Crippen LogP contribution < -0.4 is 0 Å². The lowest BCUT2D eigenvalue weighted by molar-refractivity contribution is -0.870. The molecule has 9 heteroatoms. The molecule has 2 atom stereocenters. The monoisotopic (exact) mass is 1350 g/mol. The van der Waals surface area contributed by atoms with Crippen LogP contribution in [0.3, 0.4) is 0 Å². The summed E-state index contributed by atoms with van der Waals surface area (Å²) in [5.41, 5.74) is 0. The zero-order chi connectivity index (χ0) is 70.4. The first-order chi connectivity index (χ1) is 47.6. The molecule has 97 heavy (non-hydrogen) atoms. The fraction of sp³-hybridized carbons (Fsp3) is 0.648. The summed E-state index contributed by atoms with van der Waals surface area (Å²) in [5, 5.41) is 9.77. The number of quaternary nitrogens is 1. The summed E-state index contributed by atoms with van der Waals surface area (Å²) in [6, 6.07) is 0. The number of nitrogens with zero attached hydrogens (tertiary/aromatic N) is 1. The molecule has 0 aliphatic heterocycles. The molecule has 0 spiro atoms. The fourth-order valence-corrected chi connectivity index (χ4v) is 10.5. The minimum atomic E-state index is -1.53. The molecule has 0 saturated heterocycles. The number of aliphatic carboxylic acids is 1. The van der Waals surface area contributed by atoms with Gasteiger partial charge in [0.1, 0.15) is 13.2 Å². The van der Waals surface area contributed by atoms with Gasteiger partial charge in [0, 0.05) is 12.8 Å². The highest BCUT2D eigenvalue weighted by atomic mass is 16.7. The molecule has 0 aliphatic carbocycles. The van der Waals surface area contributed by atoms with E-state index in [2.05, 4.69) is 184 Å². The van der Waals surface area contributed by atoms with Crippen molar-refractivity contribution < 1.29 is 42.9 Å². The molecule has 0 rings (SSSR count). The summed E-state index contributed by atoms with van der Waals surface area (Å²) < 4.78 is 23.0. The summed E-state index contributed by atoms with van der Waals surface area (Å²) in [4.78, 5) is 37.7. The summed E-state index contributed by atoms with van der Waals surface area (Å²) in [5.74, 6) is -2.04. The van der Waals surface area contributed by atoms with E-state index in [4.69, 9.17) is 18.9 Å². The molecule has 1 N–H and O–H groups in total. The van der Waals surface area contributed by atoms with E-state index in [1.54, 1.807) is 0 Å². The molecule has 0 aromatic rings. The molecule has 2 unspecified atom stereocenters. The van der Waals surface area contributed by atoms with Crippen LogP contribution >= 0.6 is 0 Å². The third kappa shape index (κ3) is 77.9. The van der Waals surface area contributed by atoms with Gasteiger partial charge in [-0.15, -0.1) is 0 Å². The normalized spacial score (nSPS) is 13.6. The zero-order valence-corrected chi connectivity index (χ0v) is 62.9. The number of likely N-dealkylation sites (N-methyl/N-ethyl adjacent to an activating group) is 1. The Labute approximate surface area is 597 Å². The molecular formula is C88H146NO8+. The van der Waals surface area contributed by atoms with Crippen molar-refractivity contribution in [2.45, 2.75) is 322 Å². The summed E-state index contributed by atoms with van der Waals surface area (Å²) >= 11 is 0. The predicted octanol–water partition coefficient (Wildman–Crippen LogP) is 25.4. The van der Waals surface area contributed by atoms with E-state index in [9.17, 15) is 19.5 Å². The Kier molecular flexibility index (Phi) is 72.2. The molecule has 0 fully saturated rings. The average molecular weight is 1350 g/mol. The number of esters is 2. The van der Waals surface area contributed by atoms with Crippen molar-refractivity contribution >= 4 is 17.9 Å². The lowest BCUT2D eigenvalue weighted by Crippen LogP contribution is -2.40. The van der Waals surface area contributed by atoms with Crippen molar-refractivity contribution in [3.05, 3.63) is 170 Å². The minimum absolute atomic E-state index is 0.176. The highest BCUT2D eigenvalue weighted by Crippen LogP contribution is 2.17. The van der Waals surface area contributed by atoms with Crippen molar-refractivity contribution in [3.63, 3.8) is 0 Å². The highest BCUT2D eigenvalue weighted by molar-refractivity contribution is 5.71. The number of unbranched alkanes of at least 4 members (excludes halogenated alkanes) is 28. The molecule has 0 aromatic carbocycles. The number of carbonyl (C=O) groups is 3. The SMILES string of the molecule is CC/C=C\C/C=C\C/C=C\C/C=C\C/C=C\C/C=C\C/C=C\C/C=C\C/C=C\C/C=C\C/C=C\CCCCCCCC(=O)OC(COC(=O)CCCCCCCCCCCCCCCCCCCC/C=C\C/C=C\C/C=C\CCCCCCC)COC(OCC[N+](C)(C)C)C(=O)O. The Morgan fingerprint density at radius 2 is 0.588 bits per heavy atom. The Balaban J connectivity index is 4.16. The maximum atomic E-state index is 13.0. The molecule has 0 amide bonds. The van der Waals surface area contributed by atoms with Gasteiger partial charge in [-0.2, -0.15) is 0 Å². The van der Waals surface area contributed by atoms with Crippen molar-refractivity contribution in [2.75, 3.05) is 47.5 Å². The number of hydrogen-bond acceptors (Lipinski definition) is 7. The number of allylic oxidation sites excluding steroid dienone is 28. The Hall–Kier alpha value is -5.35. The van der Waals surface area contributed by atoms with Crippen LogP contribution in [-0.2, 0) is 33.3 Å². The molecule has 0 aromatic heterocycles. The second-order valence-corrected chi connectivity index (χ2v) is 26.9. The standard InChI is InChI=1S/C88H145NO8/c1-6-8-10-12-14-16-18-20-22-24-26-28-30-32-34-36-38-40-41-42-43-44-45-47-49-51-53-55-57-59-61-63-65-67-69-71-73-75-77-79-86(91)97-84(83-96-88(87(92)93)94-81-80-89(3,4)5)82-95-85(90)78-76-74-72-70-68-66-64-62-60-58-56-54-52-50-48-46-39-37-35-33-31-29-27-25-23-21-19-17-15-13-11-9-7-2/h8,10,14,16,19-22,25-28,31-34,38,40,42-43,45,47,51,53,57,59,63,65,84,88H,6-7,9,11-13,15,17-18,23-24,29-30,35-37,39,41,44,46,48-50,52,54-56,58,60-62,64,66-83H2,1-5H3/p+1/b10-8-,16-14-,21-19-,22-20-,27-25-,28-26-,33-31-,34-32-,40-38-,43-42-,47-45-,53-51-,59-57-,65-63-. The van der Waals surface area contributed by atoms with E-state index < -0.39 is 24.3 Å². The van der Waals surface area contributed by atoms with Crippen LogP contribution in [0, 0.1) is 0 Å². The van der Waals surface area contributed by atoms with E-state index in [-0.39, 0.29) is 32.2 Å². The summed E-state index contributed by atoms with van der Waals surface area (Å²) in [6.45, 7) is 4.73. The summed E-state index contributed by atoms with van der Waals surface area (Å²) in [6.07, 6.45) is 112. The van der Waals surface area contributed by atoms with Crippen molar-refractivity contribution in [2.24, 2.45) is 0 Å². The van der Waals surface area contributed by atoms with E-state index in [1.165, 1.54) is 141 Å². The largest absolute Gasteiger partial charge is 0.477 e. The van der Waals surface area contributed by atoms with Crippen LogP contribution in [0.2, 0.25) is 0 Å². The van der Waals surface area contributed by atoms with Crippen LogP contribution in [-0.4, -0.2) is 87.4 Å². The number of carbonyl (C=O) groups excluding carboxylic acids is 2. The maximum absolute atomic E-state index is 13.0. The zero-order valence-electron chi connectivity index (χ0n) is 62.9. The van der Waals surface area contributed by atoms with Crippen LogP contribution in [0.1, 0.15) is 309 Å². The van der Waals surface area contributed by atoms with Gasteiger partial charge in [0.15, 0.2) is 6.10 Å². The lowest BCUT2D eigenvalue weighted by Gasteiger charge is -2.25. The van der Waals surface area contributed by atoms with E-state index in [0.29, 0.717) is 23.9 Å². The van der Waals surface area contributed by atoms with E-state index in [0.717, 1.165) is 135 Å². The lowest BCUT2D eigenvalue weighted by atomic mass is 10.0. The molecule has 9 nitrogen and oxygen atoms in total. The predicted molar refractivity (Wildman–Crippen MR) is 419 cm³/mol. The molecule has 0 bridgehead atoms. The topological polar surface area (TPSA) is 108 Å². The second kappa shape index (κ2) is 76.4. The summed E-state index contributed by atoms with van der Waals surface area (Å²) in [7, 11) is 5.97. The Bertz CT molecular complexity index is 2210. The minimum Gasteiger partial charge on any atom is -0.477 e. The quantitative estimate of drug-likeness (QED) is 0.0211. The van der Waals surface area contributed by atoms with Gasteiger partial charge in [-0.1, -0.05) is 332 Å². The third-order valence-electron chi connectivity index (χ3n) is 16.5. The smallest absolute Gasteiger partial charge is 0.361 e. The number of carboxylic acid groups (broad SMARTS) is 1. The first-order valence-electron chi connectivity index (χ1n) is 39.3. The van der Waals surface area contributed by atoms with Gasteiger partial charge in [0.2, 0.25) is 0 Å². The number of hydrogen-bond donors (Lipinski definition) is 1. The first-order valence-corrected chi connectivity index (χ1v) is 39.3. The molecule has 0 heterocycles. The number of rotatable bonds is 71. The maximum Gasteiger partial charge on any atom is 0.361 e. The molecule has 0 saturated carbocycles. The molecule has 550 valence electrons. The van der Waals surface area contributed by atoms with Crippen molar-refractivity contribution in [3.8, 4) is 0 Å². The van der Waals surface area contributed by atoms with Gasteiger partial charge < -0.3 is 28.5 Å². The molecule has 0 aliphatic rings. The van der Waals surface area contributed by atoms with Gasteiger partial charge in [-0.25, -0.2) is 4.79 Å². The Morgan fingerprint density at radius 1 is 0.320 bits per heavy atom. The Morgan fingerprint density at radius 3 is 0.876 bits per heavy atom. The van der Waals surface area contributed by atoms with Gasteiger partial charge >= 0.3 is 17.9 Å². The van der Waals surface area contributed by atoms with Crippen LogP contribution in [0.15, 0.2) is 170 Å². The number of carboxylic acids is 1. The van der Waals surface area contributed by atoms with Crippen LogP contribution in [0.25, 0.3) is 0 Å². The van der Waals surface area contributed by atoms with Crippen LogP contribution in [0.5, 0.6) is 0 Å². The second-order valence-electron chi connectivity index (χ2n) is 26.9. The van der Waals surface area contributed by atoms with Gasteiger partial charge in [0.25, 0.3) is 6.29 Å². The van der Waals surface area contributed by atoms with Gasteiger partial charge in [-0.05, 0) is 135 Å². The third-order valence-corrected chi connectivity index (χ3v) is 16.5. The highest BCUT2D eigenvalue weighted by Gasteiger charge is 2.25.